The third-order valence-corrected chi connectivity index (χ3v) is 7.24. The minimum absolute atomic E-state index is 0.00255. The number of fused-ring (bicyclic) bond motifs is 1. The molecule has 5 rings (SSSR count). The lowest BCUT2D eigenvalue weighted by Gasteiger charge is -2.31. The van der Waals surface area contributed by atoms with Crippen LogP contribution in [0.3, 0.4) is 0 Å². The van der Waals surface area contributed by atoms with Crippen LogP contribution in [-0.2, 0) is 17.5 Å². The van der Waals surface area contributed by atoms with E-state index in [2.05, 4.69) is 15.0 Å². The number of halogens is 3. The molecule has 10 heteroatoms. The Morgan fingerprint density at radius 2 is 2.06 bits per heavy atom. The average Bonchev–Trinajstić information content (AvgIpc) is 3.37. The molecule has 0 bridgehead atoms. The van der Waals surface area contributed by atoms with Crippen LogP contribution in [0.1, 0.15) is 35.1 Å². The molecular weight excluding hydrogens is 475 g/mol. The van der Waals surface area contributed by atoms with E-state index in [1.54, 1.807) is 29.9 Å². The molecule has 2 N–H and O–H groups in total. The standard InChI is InChI=1S/C25H24F3N5OS/c1-15-4-6-17(20(9-15)25(26,27)28)13-33-21-7-5-16(10-18(21)12-30-33)11-22-23(34)31-24(35-22)32-8-2-3-19(29)14-32/h4-7,9-12,19H,2-3,8,13-14,29H2,1H3/b22-11-/t19-/m1/s1. The van der Waals surface area contributed by atoms with Crippen LogP contribution in [0.5, 0.6) is 0 Å². The molecular formula is C25H24F3N5OS. The van der Waals surface area contributed by atoms with E-state index in [9.17, 15) is 18.0 Å². The molecule has 1 fully saturated rings. The van der Waals surface area contributed by atoms with Gasteiger partial charge in [0.2, 0.25) is 0 Å². The van der Waals surface area contributed by atoms with Crippen molar-refractivity contribution in [3.05, 3.63) is 69.8 Å². The molecule has 182 valence electrons. The maximum Gasteiger partial charge on any atom is 0.416 e. The van der Waals surface area contributed by atoms with Crippen molar-refractivity contribution in [3.63, 3.8) is 0 Å². The van der Waals surface area contributed by atoms with Crippen molar-refractivity contribution >= 4 is 39.8 Å². The Bertz CT molecular complexity index is 1360. The maximum atomic E-state index is 13.5. The molecule has 0 radical (unpaired) electrons. The average molecular weight is 500 g/mol. The lowest BCUT2D eigenvalue weighted by molar-refractivity contribution is -0.138. The zero-order valence-electron chi connectivity index (χ0n) is 19.0. The number of aryl methyl sites for hydroxylation is 1. The number of aromatic nitrogens is 2. The van der Waals surface area contributed by atoms with Crippen molar-refractivity contribution in [2.75, 3.05) is 13.1 Å². The number of benzene rings is 2. The van der Waals surface area contributed by atoms with Gasteiger partial charge in [-0.25, -0.2) is 0 Å². The Morgan fingerprint density at radius 1 is 1.23 bits per heavy atom. The molecule has 3 heterocycles. The topological polar surface area (TPSA) is 76.5 Å². The second-order valence-corrected chi connectivity index (χ2v) is 9.95. The summed E-state index contributed by atoms with van der Waals surface area (Å²) in [5.74, 6) is -0.279. The third kappa shape index (κ3) is 4.99. The van der Waals surface area contributed by atoms with Crippen LogP contribution in [0, 0.1) is 6.92 Å². The van der Waals surface area contributed by atoms with Crippen LogP contribution in [0.15, 0.2) is 52.5 Å². The monoisotopic (exact) mass is 499 g/mol. The van der Waals surface area contributed by atoms with Crippen molar-refractivity contribution in [1.29, 1.82) is 0 Å². The van der Waals surface area contributed by atoms with Crippen molar-refractivity contribution < 1.29 is 18.0 Å². The predicted octanol–water partition coefficient (Wildman–Crippen LogP) is 4.81. The summed E-state index contributed by atoms with van der Waals surface area (Å²) in [5, 5.41) is 5.78. The number of carbonyl (C=O) groups excluding carboxylic acids is 1. The van der Waals surface area contributed by atoms with Crippen molar-refractivity contribution in [2.45, 2.75) is 38.5 Å². The molecule has 3 aromatic rings. The number of piperidine rings is 1. The highest BCUT2D eigenvalue weighted by Gasteiger charge is 2.33. The van der Waals surface area contributed by atoms with Gasteiger partial charge in [0.15, 0.2) is 5.17 Å². The van der Waals surface area contributed by atoms with Crippen LogP contribution in [0.2, 0.25) is 0 Å². The largest absolute Gasteiger partial charge is 0.416 e. The summed E-state index contributed by atoms with van der Waals surface area (Å²) in [5.41, 5.74) is 7.63. The first kappa shape index (κ1) is 23.6. The zero-order chi connectivity index (χ0) is 24.7. The molecule has 0 aliphatic carbocycles. The number of hydrogen-bond donors (Lipinski definition) is 1. The number of amidine groups is 1. The second-order valence-electron chi connectivity index (χ2n) is 8.94. The van der Waals surface area contributed by atoms with Crippen LogP contribution in [0.4, 0.5) is 13.2 Å². The van der Waals surface area contributed by atoms with Crippen molar-refractivity contribution in [1.82, 2.24) is 14.7 Å². The molecule has 2 aliphatic rings. The third-order valence-electron chi connectivity index (χ3n) is 6.19. The fourth-order valence-electron chi connectivity index (χ4n) is 4.44. The van der Waals surface area contributed by atoms with Gasteiger partial charge >= 0.3 is 6.18 Å². The number of rotatable bonds is 3. The molecule has 0 unspecified atom stereocenters. The summed E-state index contributed by atoms with van der Waals surface area (Å²) in [7, 11) is 0. The zero-order valence-corrected chi connectivity index (χ0v) is 19.9. The Balaban J connectivity index is 1.37. The van der Waals surface area contributed by atoms with Gasteiger partial charge in [-0.15, -0.1) is 0 Å². The first-order valence-electron chi connectivity index (χ1n) is 11.3. The van der Waals surface area contributed by atoms with Crippen molar-refractivity contribution in [2.24, 2.45) is 10.7 Å². The van der Waals surface area contributed by atoms with Gasteiger partial charge in [0.25, 0.3) is 5.91 Å². The van der Waals surface area contributed by atoms with Gasteiger partial charge in [0.1, 0.15) is 0 Å². The molecule has 2 aliphatic heterocycles. The number of aliphatic imine (C=N–C) groups is 1. The number of nitrogens with two attached hydrogens (primary N) is 1. The summed E-state index contributed by atoms with van der Waals surface area (Å²) in [6, 6.07) is 9.93. The molecule has 1 saturated heterocycles. The first-order valence-corrected chi connectivity index (χ1v) is 12.1. The van der Waals surface area contributed by atoms with E-state index < -0.39 is 11.7 Å². The highest BCUT2D eigenvalue weighted by Crippen LogP contribution is 2.34. The lowest BCUT2D eigenvalue weighted by atomic mass is 10.0. The number of amides is 1. The lowest BCUT2D eigenvalue weighted by Crippen LogP contribution is -2.44. The molecule has 1 aromatic heterocycles. The predicted molar refractivity (Wildman–Crippen MR) is 132 cm³/mol. The van der Waals surface area contributed by atoms with Gasteiger partial charge in [0, 0.05) is 24.5 Å². The van der Waals surface area contributed by atoms with E-state index in [0.29, 0.717) is 27.7 Å². The molecule has 2 aromatic carbocycles. The van der Waals surface area contributed by atoms with Crippen LogP contribution < -0.4 is 5.73 Å². The van der Waals surface area contributed by atoms with E-state index in [1.165, 1.54) is 17.8 Å². The maximum absolute atomic E-state index is 13.5. The number of thioether (sulfide) groups is 1. The van der Waals surface area contributed by atoms with Gasteiger partial charge in [-0.2, -0.15) is 23.3 Å². The number of hydrogen-bond acceptors (Lipinski definition) is 5. The van der Waals surface area contributed by atoms with E-state index in [-0.39, 0.29) is 24.1 Å². The minimum atomic E-state index is -4.44. The fraction of sp³-hybridized carbons (Fsp3) is 0.320. The van der Waals surface area contributed by atoms with Gasteiger partial charge in [-0.3, -0.25) is 9.48 Å². The van der Waals surface area contributed by atoms with E-state index >= 15 is 0 Å². The molecule has 6 nitrogen and oxygen atoms in total. The van der Waals surface area contributed by atoms with E-state index in [0.717, 1.165) is 36.4 Å². The molecule has 0 spiro atoms. The SMILES string of the molecule is Cc1ccc(Cn2ncc3cc(/C=C4\SC(N5CCC[C@@H](N)C5)=NC4=O)ccc32)c(C(F)(F)F)c1. The van der Waals surface area contributed by atoms with Gasteiger partial charge < -0.3 is 10.6 Å². The van der Waals surface area contributed by atoms with Crippen molar-refractivity contribution in [3.8, 4) is 0 Å². The number of likely N-dealkylation sites (tertiary alicyclic amines) is 1. The van der Waals surface area contributed by atoms with Gasteiger partial charge in [-0.1, -0.05) is 23.8 Å². The van der Waals surface area contributed by atoms with Crippen LogP contribution in [0.25, 0.3) is 17.0 Å². The normalized spacial score (nSPS) is 20.2. The number of carbonyl (C=O) groups is 1. The summed E-state index contributed by atoms with van der Waals surface area (Å²) in [4.78, 5) is 19.3. The summed E-state index contributed by atoms with van der Waals surface area (Å²) >= 11 is 1.34. The van der Waals surface area contributed by atoms with E-state index in [4.69, 9.17) is 5.73 Å². The highest BCUT2D eigenvalue weighted by atomic mass is 32.2. The Hall–Kier alpha value is -3.11. The van der Waals surface area contributed by atoms with Gasteiger partial charge in [-0.05, 0) is 66.9 Å². The van der Waals surface area contributed by atoms with Crippen LogP contribution >= 0.6 is 11.8 Å². The van der Waals surface area contributed by atoms with Crippen LogP contribution in [-0.4, -0.2) is 44.9 Å². The highest BCUT2D eigenvalue weighted by molar-refractivity contribution is 8.18. The fourth-order valence-corrected chi connectivity index (χ4v) is 5.39. The second kappa shape index (κ2) is 9.16. The molecule has 1 atom stereocenters. The minimum Gasteiger partial charge on any atom is -0.349 e. The molecule has 1 amide bonds. The summed E-state index contributed by atoms with van der Waals surface area (Å²) in [6.45, 7) is 3.17. The summed E-state index contributed by atoms with van der Waals surface area (Å²) < 4.78 is 42.1. The smallest absolute Gasteiger partial charge is 0.349 e. The first-order chi connectivity index (χ1) is 16.7. The quantitative estimate of drug-likeness (QED) is 0.524. The number of alkyl halides is 3. The Morgan fingerprint density at radius 3 is 2.83 bits per heavy atom. The Kier molecular flexibility index (Phi) is 6.18. The molecule has 35 heavy (non-hydrogen) atoms. The molecule has 0 saturated carbocycles. The summed E-state index contributed by atoms with van der Waals surface area (Å²) in [6.07, 6.45) is 0.919. The van der Waals surface area contributed by atoms with E-state index in [1.807, 2.05) is 18.2 Å². The Labute approximate surface area is 204 Å². The number of nitrogens with zero attached hydrogens (tertiary/aromatic N) is 4. The van der Waals surface area contributed by atoms with Gasteiger partial charge in [0.05, 0.1) is 28.7 Å².